The first kappa shape index (κ1) is 16.4. The van der Waals surface area contributed by atoms with Gasteiger partial charge in [0.2, 0.25) is 5.91 Å². The largest absolute Gasteiger partial charge is 0.378 e. The summed E-state index contributed by atoms with van der Waals surface area (Å²) in [6.07, 6.45) is 0. The lowest BCUT2D eigenvalue weighted by Gasteiger charge is -2.15. The molecule has 116 valence electrons. The zero-order valence-corrected chi connectivity index (χ0v) is 14.3. The molecule has 2 rings (SSSR count). The zero-order chi connectivity index (χ0) is 16.1. The van der Waals surface area contributed by atoms with E-state index in [1.165, 1.54) is 5.56 Å². The highest BCUT2D eigenvalue weighted by Crippen LogP contribution is 2.27. The smallest absolute Gasteiger partial charge is 0.237 e. The molecule has 1 N–H and O–H groups in total. The maximum absolute atomic E-state index is 12.3. The Morgan fingerprint density at radius 1 is 1.09 bits per heavy atom. The van der Waals surface area contributed by atoms with Crippen molar-refractivity contribution < 1.29 is 4.79 Å². The van der Waals surface area contributed by atoms with Gasteiger partial charge in [0, 0.05) is 30.4 Å². The van der Waals surface area contributed by atoms with Gasteiger partial charge in [0.1, 0.15) is 0 Å². The van der Waals surface area contributed by atoms with Crippen molar-refractivity contribution in [2.45, 2.75) is 24.0 Å². The molecule has 1 unspecified atom stereocenters. The molecule has 0 bridgehead atoms. The third-order valence-corrected chi connectivity index (χ3v) is 4.70. The third-order valence-electron chi connectivity index (χ3n) is 3.42. The van der Waals surface area contributed by atoms with Crippen LogP contribution in [0, 0.1) is 6.92 Å². The van der Waals surface area contributed by atoms with E-state index in [0.29, 0.717) is 0 Å². The van der Waals surface area contributed by atoms with Crippen molar-refractivity contribution in [2.24, 2.45) is 0 Å². The number of benzene rings is 2. The minimum atomic E-state index is -0.144. The second kappa shape index (κ2) is 7.36. The first-order valence-electron chi connectivity index (χ1n) is 7.28. The highest BCUT2D eigenvalue weighted by molar-refractivity contribution is 8.00. The Morgan fingerprint density at radius 2 is 1.73 bits per heavy atom. The van der Waals surface area contributed by atoms with Gasteiger partial charge in [0.25, 0.3) is 0 Å². The van der Waals surface area contributed by atoms with Crippen LogP contribution in [0.1, 0.15) is 12.5 Å². The van der Waals surface area contributed by atoms with Crippen LogP contribution in [-0.4, -0.2) is 25.3 Å². The minimum absolute atomic E-state index is 0.0193. The van der Waals surface area contributed by atoms with Crippen LogP contribution in [0.25, 0.3) is 0 Å². The second-order valence-electron chi connectivity index (χ2n) is 5.46. The Hall–Kier alpha value is -1.94. The van der Waals surface area contributed by atoms with Crippen LogP contribution >= 0.6 is 11.8 Å². The van der Waals surface area contributed by atoms with Gasteiger partial charge >= 0.3 is 0 Å². The molecule has 1 atom stereocenters. The summed E-state index contributed by atoms with van der Waals surface area (Å²) in [4.78, 5) is 15.5. The van der Waals surface area contributed by atoms with Crippen molar-refractivity contribution in [3.05, 3.63) is 54.1 Å². The van der Waals surface area contributed by atoms with E-state index < -0.39 is 0 Å². The fraction of sp³-hybridized carbons (Fsp3) is 0.278. The third kappa shape index (κ3) is 4.28. The van der Waals surface area contributed by atoms with Crippen molar-refractivity contribution in [1.82, 2.24) is 0 Å². The molecule has 0 saturated carbocycles. The van der Waals surface area contributed by atoms with Crippen LogP contribution in [0.3, 0.4) is 0 Å². The quantitative estimate of drug-likeness (QED) is 0.840. The van der Waals surface area contributed by atoms with Crippen molar-refractivity contribution in [1.29, 1.82) is 0 Å². The summed E-state index contributed by atoms with van der Waals surface area (Å²) >= 11 is 1.59. The fourth-order valence-electron chi connectivity index (χ4n) is 2.02. The van der Waals surface area contributed by atoms with Gasteiger partial charge in [0.15, 0.2) is 0 Å². The van der Waals surface area contributed by atoms with Gasteiger partial charge in [-0.25, -0.2) is 0 Å². The van der Waals surface area contributed by atoms with E-state index in [9.17, 15) is 4.79 Å². The van der Waals surface area contributed by atoms with Crippen LogP contribution in [0.15, 0.2) is 53.4 Å². The number of anilines is 2. The number of carbonyl (C=O) groups is 1. The van der Waals surface area contributed by atoms with Gasteiger partial charge in [-0.3, -0.25) is 4.79 Å². The average Bonchev–Trinajstić information content (AvgIpc) is 2.50. The molecule has 0 saturated heterocycles. The van der Waals surface area contributed by atoms with E-state index in [1.807, 2.05) is 62.3 Å². The number of thioether (sulfide) groups is 1. The van der Waals surface area contributed by atoms with Gasteiger partial charge < -0.3 is 10.2 Å². The minimum Gasteiger partial charge on any atom is -0.378 e. The Bertz CT molecular complexity index is 638. The van der Waals surface area contributed by atoms with E-state index in [-0.39, 0.29) is 11.2 Å². The number of rotatable bonds is 5. The highest BCUT2D eigenvalue weighted by Gasteiger charge is 2.15. The topological polar surface area (TPSA) is 32.3 Å². The number of hydrogen-bond acceptors (Lipinski definition) is 3. The fourth-order valence-corrected chi connectivity index (χ4v) is 2.98. The van der Waals surface area contributed by atoms with E-state index in [1.54, 1.807) is 11.8 Å². The molecular weight excluding hydrogens is 292 g/mol. The maximum Gasteiger partial charge on any atom is 0.237 e. The molecule has 0 heterocycles. The summed E-state index contributed by atoms with van der Waals surface area (Å²) in [5, 5.41) is 2.83. The highest BCUT2D eigenvalue weighted by atomic mass is 32.2. The van der Waals surface area contributed by atoms with Crippen LogP contribution in [0.4, 0.5) is 11.4 Å². The van der Waals surface area contributed by atoms with Gasteiger partial charge in [-0.05, 0) is 49.7 Å². The van der Waals surface area contributed by atoms with Gasteiger partial charge in [-0.1, -0.05) is 18.2 Å². The summed E-state index contributed by atoms with van der Waals surface area (Å²) in [6.45, 7) is 3.99. The van der Waals surface area contributed by atoms with Crippen molar-refractivity contribution in [3.8, 4) is 0 Å². The molecule has 0 fully saturated rings. The number of carbonyl (C=O) groups excluding carboxylic acids is 1. The Kier molecular flexibility index (Phi) is 5.50. The number of aryl methyl sites for hydroxylation is 1. The number of nitrogens with one attached hydrogen (secondary N) is 1. The van der Waals surface area contributed by atoms with E-state index >= 15 is 0 Å². The van der Waals surface area contributed by atoms with Crippen molar-refractivity contribution >= 4 is 29.0 Å². The molecule has 3 nitrogen and oxygen atoms in total. The van der Waals surface area contributed by atoms with Gasteiger partial charge in [-0.2, -0.15) is 0 Å². The maximum atomic E-state index is 12.3. The predicted octanol–water partition coefficient (Wildman–Crippen LogP) is 4.18. The molecule has 1 amide bonds. The molecule has 22 heavy (non-hydrogen) atoms. The second-order valence-corrected chi connectivity index (χ2v) is 6.84. The summed E-state index contributed by atoms with van der Waals surface area (Å²) in [5.41, 5.74) is 3.13. The lowest BCUT2D eigenvalue weighted by molar-refractivity contribution is -0.115. The van der Waals surface area contributed by atoms with Crippen LogP contribution in [0.2, 0.25) is 0 Å². The van der Waals surface area contributed by atoms with Gasteiger partial charge in [0.05, 0.1) is 5.25 Å². The lowest BCUT2D eigenvalue weighted by Crippen LogP contribution is -2.22. The molecule has 4 heteroatoms. The predicted molar refractivity (Wildman–Crippen MR) is 95.9 cm³/mol. The Labute approximate surface area is 136 Å². The SMILES string of the molecule is Cc1ccccc1SC(C)C(=O)Nc1ccc(N(C)C)cc1. The molecule has 2 aromatic rings. The zero-order valence-electron chi connectivity index (χ0n) is 13.5. The summed E-state index contributed by atoms with van der Waals surface area (Å²) in [7, 11) is 3.99. The van der Waals surface area contributed by atoms with E-state index in [4.69, 9.17) is 0 Å². The lowest BCUT2D eigenvalue weighted by atomic mass is 10.2. The first-order chi connectivity index (χ1) is 10.5. The van der Waals surface area contributed by atoms with Crippen molar-refractivity contribution in [3.63, 3.8) is 0 Å². The van der Waals surface area contributed by atoms with Crippen LogP contribution < -0.4 is 10.2 Å². The standard InChI is InChI=1S/C18H22N2OS/c1-13-7-5-6-8-17(13)22-14(2)18(21)19-15-9-11-16(12-10-15)20(3)4/h5-12,14H,1-4H3,(H,19,21). The molecule has 0 spiro atoms. The molecule has 0 aliphatic rings. The normalized spacial score (nSPS) is 11.8. The van der Waals surface area contributed by atoms with E-state index in [0.717, 1.165) is 16.3 Å². The Morgan fingerprint density at radius 3 is 2.32 bits per heavy atom. The van der Waals surface area contributed by atoms with Crippen LogP contribution in [0.5, 0.6) is 0 Å². The summed E-state index contributed by atoms with van der Waals surface area (Å²) in [5.74, 6) is 0.0193. The molecular formula is C18H22N2OS. The molecule has 2 aromatic carbocycles. The monoisotopic (exact) mass is 314 g/mol. The number of hydrogen-bond donors (Lipinski definition) is 1. The van der Waals surface area contributed by atoms with E-state index in [2.05, 4.69) is 24.4 Å². The first-order valence-corrected chi connectivity index (χ1v) is 8.16. The summed E-state index contributed by atoms with van der Waals surface area (Å²) in [6, 6.07) is 16.0. The molecule has 0 aromatic heterocycles. The van der Waals surface area contributed by atoms with Crippen LogP contribution in [-0.2, 0) is 4.79 Å². The Balaban J connectivity index is 1.98. The van der Waals surface area contributed by atoms with Gasteiger partial charge in [-0.15, -0.1) is 11.8 Å². The molecule has 0 aliphatic carbocycles. The molecule has 0 radical (unpaired) electrons. The number of amides is 1. The molecule has 0 aliphatic heterocycles. The summed E-state index contributed by atoms with van der Waals surface area (Å²) < 4.78 is 0. The average molecular weight is 314 g/mol. The van der Waals surface area contributed by atoms with Crippen molar-refractivity contribution in [2.75, 3.05) is 24.3 Å². The number of nitrogens with zero attached hydrogens (tertiary/aromatic N) is 1.